The maximum absolute atomic E-state index is 12.1. The summed E-state index contributed by atoms with van der Waals surface area (Å²) in [6.45, 7) is 1.43. The van der Waals surface area contributed by atoms with Crippen LogP contribution in [0.25, 0.3) is 10.9 Å². The molecule has 0 saturated carbocycles. The summed E-state index contributed by atoms with van der Waals surface area (Å²) in [4.78, 5) is 16.5. The third kappa shape index (κ3) is 2.94. The van der Waals surface area contributed by atoms with Gasteiger partial charge in [0.1, 0.15) is 0 Å². The zero-order valence-electron chi connectivity index (χ0n) is 11.1. The van der Waals surface area contributed by atoms with Crippen molar-refractivity contribution in [3.8, 4) is 0 Å². The summed E-state index contributed by atoms with van der Waals surface area (Å²) in [5.74, 6) is 2.00. The number of carbonyl (C=O) groups is 1. The number of rotatable bonds is 3. The molecule has 2 aromatic rings. The minimum Gasteiger partial charge on any atom is -0.351 e. The first-order valence-electron chi connectivity index (χ1n) is 6.76. The van der Waals surface area contributed by atoms with Crippen LogP contribution in [-0.4, -0.2) is 35.0 Å². The molecule has 1 fully saturated rings. The number of amides is 1. The van der Waals surface area contributed by atoms with E-state index in [0.717, 1.165) is 34.5 Å². The van der Waals surface area contributed by atoms with Crippen molar-refractivity contribution in [3.63, 3.8) is 0 Å². The lowest BCUT2D eigenvalue weighted by molar-refractivity contribution is -0.122. The maximum atomic E-state index is 12.1. The first-order chi connectivity index (χ1) is 9.84. The molecule has 1 unspecified atom stereocenters. The zero-order chi connectivity index (χ0) is 13.8. The molecule has 1 aromatic heterocycles. The van der Waals surface area contributed by atoms with E-state index in [0.29, 0.717) is 6.54 Å². The molecule has 4 nitrogen and oxygen atoms in total. The van der Waals surface area contributed by atoms with Crippen molar-refractivity contribution < 1.29 is 4.79 Å². The standard InChI is InChI=1S/C15H17N3OS/c19-15(13-10-20-8-7-16-13)18-9-12-4-1-3-11-5-2-6-17-14(11)12/h1-6,13,16H,7-10H2,(H,18,19). The van der Waals surface area contributed by atoms with Crippen LogP contribution in [0.5, 0.6) is 0 Å². The van der Waals surface area contributed by atoms with E-state index in [4.69, 9.17) is 0 Å². The molecule has 5 heteroatoms. The van der Waals surface area contributed by atoms with Crippen LogP contribution < -0.4 is 10.6 Å². The Labute approximate surface area is 122 Å². The molecule has 1 aromatic carbocycles. The third-order valence-corrected chi connectivity index (χ3v) is 4.47. The van der Waals surface area contributed by atoms with Crippen molar-refractivity contribution in [1.82, 2.24) is 15.6 Å². The summed E-state index contributed by atoms with van der Waals surface area (Å²) in [6, 6.07) is 9.93. The van der Waals surface area contributed by atoms with Gasteiger partial charge in [-0.05, 0) is 11.6 Å². The van der Waals surface area contributed by atoms with E-state index in [9.17, 15) is 4.79 Å². The fourth-order valence-corrected chi connectivity index (χ4v) is 3.28. The first kappa shape index (κ1) is 13.4. The SMILES string of the molecule is O=C(NCc1cccc2cccnc12)C1CSCCN1. The number of aromatic nitrogens is 1. The monoisotopic (exact) mass is 287 g/mol. The first-order valence-corrected chi connectivity index (χ1v) is 7.91. The van der Waals surface area contributed by atoms with Crippen molar-refractivity contribution in [1.29, 1.82) is 0 Å². The van der Waals surface area contributed by atoms with E-state index >= 15 is 0 Å². The lowest BCUT2D eigenvalue weighted by atomic mass is 10.1. The molecular formula is C15H17N3OS. The molecule has 20 heavy (non-hydrogen) atoms. The number of nitrogens with one attached hydrogen (secondary N) is 2. The highest BCUT2D eigenvalue weighted by molar-refractivity contribution is 7.99. The molecule has 0 spiro atoms. The summed E-state index contributed by atoms with van der Waals surface area (Å²) < 4.78 is 0. The van der Waals surface area contributed by atoms with Gasteiger partial charge < -0.3 is 10.6 Å². The van der Waals surface area contributed by atoms with E-state index in [-0.39, 0.29) is 11.9 Å². The van der Waals surface area contributed by atoms with Crippen molar-refractivity contribution in [2.24, 2.45) is 0 Å². The van der Waals surface area contributed by atoms with Crippen LogP contribution in [0.4, 0.5) is 0 Å². The van der Waals surface area contributed by atoms with Gasteiger partial charge in [0.15, 0.2) is 0 Å². The highest BCUT2D eigenvalue weighted by Gasteiger charge is 2.20. The lowest BCUT2D eigenvalue weighted by Crippen LogP contribution is -2.48. The molecule has 1 saturated heterocycles. The Balaban J connectivity index is 1.69. The molecule has 3 rings (SSSR count). The van der Waals surface area contributed by atoms with Gasteiger partial charge in [-0.25, -0.2) is 0 Å². The number of fused-ring (bicyclic) bond motifs is 1. The lowest BCUT2D eigenvalue weighted by Gasteiger charge is -2.22. The molecule has 104 valence electrons. The minimum atomic E-state index is -0.0725. The smallest absolute Gasteiger partial charge is 0.238 e. The minimum absolute atomic E-state index is 0.0725. The second-order valence-electron chi connectivity index (χ2n) is 4.79. The molecule has 0 bridgehead atoms. The molecule has 1 atom stereocenters. The summed E-state index contributed by atoms with van der Waals surface area (Å²) in [5, 5.41) is 7.35. The van der Waals surface area contributed by atoms with Crippen LogP contribution in [-0.2, 0) is 11.3 Å². The molecule has 1 aliphatic heterocycles. The van der Waals surface area contributed by atoms with E-state index in [1.54, 1.807) is 6.20 Å². The van der Waals surface area contributed by atoms with Crippen LogP contribution in [0, 0.1) is 0 Å². The predicted molar refractivity (Wildman–Crippen MR) is 82.7 cm³/mol. The van der Waals surface area contributed by atoms with Gasteiger partial charge >= 0.3 is 0 Å². The second-order valence-corrected chi connectivity index (χ2v) is 5.94. The van der Waals surface area contributed by atoms with E-state index < -0.39 is 0 Å². The average Bonchev–Trinajstić information content (AvgIpc) is 2.53. The summed E-state index contributed by atoms with van der Waals surface area (Å²) in [5.41, 5.74) is 2.01. The van der Waals surface area contributed by atoms with Gasteiger partial charge in [-0.1, -0.05) is 24.3 Å². The quantitative estimate of drug-likeness (QED) is 0.899. The number of benzene rings is 1. The van der Waals surface area contributed by atoms with Gasteiger partial charge in [-0.2, -0.15) is 11.8 Å². The molecule has 0 radical (unpaired) electrons. The Hall–Kier alpha value is -1.59. The van der Waals surface area contributed by atoms with Gasteiger partial charge in [0.25, 0.3) is 0 Å². The van der Waals surface area contributed by atoms with E-state index in [1.165, 1.54) is 0 Å². The van der Waals surface area contributed by atoms with Gasteiger partial charge in [0, 0.05) is 36.2 Å². The molecule has 2 N–H and O–H groups in total. The van der Waals surface area contributed by atoms with Crippen molar-refractivity contribution >= 4 is 28.6 Å². The Morgan fingerprint density at radius 2 is 2.30 bits per heavy atom. The largest absolute Gasteiger partial charge is 0.351 e. The summed E-state index contributed by atoms with van der Waals surface area (Å²) in [6.07, 6.45) is 1.78. The summed E-state index contributed by atoms with van der Waals surface area (Å²) in [7, 11) is 0. The van der Waals surface area contributed by atoms with Crippen molar-refractivity contribution in [3.05, 3.63) is 42.1 Å². The van der Waals surface area contributed by atoms with Crippen LogP contribution in [0.3, 0.4) is 0 Å². The maximum Gasteiger partial charge on any atom is 0.238 e. The zero-order valence-corrected chi connectivity index (χ0v) is 12.0. The molecule has 2 heterocycles. The molecule has 1 aliphatic rings. The number of para-hydroxylation sites is 1. The Bertz CT molecular complexity index is 606. The van der Waals surface area contributed by atoms with Crippen LogP contribution in [0.2, 0.25) is 0 Å². The number of nitrogens with zero attached hydrogens (tertiary/aromatic N) is 1. The van der Waals surface area contributed by atoms with Crippen molar-refractivity contribution in [2.45, 2.75) is 12.6 Å². The highest BCUT2D eigenvalue weighted by atomic mass is 32.2. The fraction of sp³-hybridized carbons (Fsp3) is 0.333. The van der Waals surface area contributed by atoms with E-state index in [1.807, 2.05) is 42.1 Å². The summed E-state index contributed by atoms with van der Waals surface area (Å²) >= 11 is 1.82. The fourth-order valence-electron chi connectivity index (χ4n) is 2.35. The topological polar surface area (TPSA) is 54.0 Å². The predicted octanol–water partition coefficient (Wildman–Crippen LogP) is 1.56. The Morgan fingerprint density at radius 3 is 3.15 bits per heavy atom. The van der Waals surface area contributed by atoms with Gasteiger partial charge in [0.2, 0.25) is 5.91 Å². The van der Waals surface area contributed by atoms with Crippen molar-refractivity contribution in [2.75, 3.05) is 18.1 Å². The Kier molecular flexibility index (Phi) is 4.18. The number of carbonyl (C=O) groups excluding carboxylic acids is 1. The van der Waals surface area contributed by atoms with Gasteiger partial charge in [0.05, 0.1) is 11.6 Å². The van der Waals surface area contributed by atoms with Crippen LogP contribution in [0.15, 0.2) is 36.5 Å². The normalized spacial score (nSPS) is 18.9. The highest BCUT2D eigenvalue weighted by Crippen LogP contribution is 2.15. The molecule has 0 aliphatic carbocycles. The van der Waals surface area contributed by atoms with Gasteiger partial charge in [-0.3, -0.25) is 9.78 Å². The second kappa shape index (κ2) is 6.24. The average molecular weight is 287 g/mol. The number of thioether (sulfide) groups is 1. The van der Waals surface area contributed by atoms with Crippen LogP contribution >= 0.6 is 11.8 Å². The number of hydrogen-bond donors (Lipinski definition) is 2. The number of pyridine rings is 1. The number of hydrogen-bond acceptors (Lipinski definition) is 4. The Morgan fingerprint density at radius 1 is 1.40 bits per heavy atom. The van der Waals surface area contributed by atoms with Crippen LogP contribution in [0.1, 0.15) is 5.56 Å². The molecule has 1 amide bonds. The third-order valence-electron chi connectivity index (χ3n) is 3.41. The van der Waals surface area contributed by atoms with Gasteiger partial charge in [-0.15, -0.1) is 0 Å². The van der Waals surface area contributed by atoms with E-state index in [2.05, 4.69) is 15.6 Å². The molecular weight excluding hydrogens is 270 g/mol.